The zero-order valence-corrected chi connectivity index (χ0v) is 6.52. The first-order valence-corrected chi connectivity index (χ1v) is 4.22. The van der Waals surface area contributed by atoms with Gasteiger partial charge in [-0.3, -0.25) is 0 Å². The predicted octanol–water partition coefficient (Wildman–Crippen LogP) is 1.77. The Morgan fingerprint density at radius 2 is 2.36 bits per heavy atom. The number of allylic oxidation sites excluding steroid dienone is 1. The average molecular weight is 166 g/mol. The SMILES string of the molecule is O=C(O)C1=CCc2cscc21. The summed E-state index contributed by atoms with van der Waals surface area (Å²) >= 11 is 1.56. The summed E-state index contributed by atoms with van der Waals surface area (Å²) in [6.07, 6.45) is 2.54. The van der Waals surface area contributed by atoms with Gasteiger partial charge in [0.1, 0.15) is 0 Å². The summed E-state index contributed by atoms with van der Waals surface area (Å²) in [5, 5.41) is 12.6. The Morgan fingerprint density at radius 3 is 3.09 bits per heavy atom. The van der Waals surface area contributed by atoms with Crippen molar-refractivity contribution in [1.82, 2.24) is 0 Å². The lowest BCUT2D eigenvalue weighted by Gasteiger charge is -1.91. The average Bonchev–Trinajstić information content (AvgIpc) is 2.41. The second kappa shape index (κ2) is 2.20. The minimum absolute atomic E-state index is 0.459. The van der Waals surface area contributed by atoms with E-state index in [0.717, 1.165) is 17.5 Å². The van der Waals surface area contributed by atoms with Crippen LogP contribution in [-0.4, -0.2) is 11.1 Å². The van der Waals surface area contributed by atoms with Crippen molar-refractivity contribution in [3.8, 4) is 0 Å². The summed E-state index contributed by atoms with van der Waals surface area (Å²) < 4.78 is 0. The van der Waals surface area contributed by atoms with Crippen molar-refractivity contribution in [3.05, 3.63) is 28.0 Å². The molecule has 0 amide bonds. The van der Waals surface area contributed by atoms with E-state index in [1.807, 2.05) is 10.8 Å². The highest BCUT2D eigenvalue weighted by atomic mass is 32.1. The fraction of sp³-hybridized carbons (Fsp3) is 0.125. The maximum atomic E-state index is 10.6. The molecule has 0 atom stereocenters. The van der Waals surface area contributed by atoms with E-state index in [9.17, 15) is 4.79 Å². The Labute approximate surface area is 67.8 Å². The molecule has 56 valence electrons. The third-order valence-corrected chi connectivity index (χ3v) is 2.58. The van der Waals surface area contributed by atoms with Gasteiger partial charge in [0.25, 0.3) is 0 Å². The van der Waals surface area contributed by atoms with Crippen molar-refractivity contribution in [2.75, 3.05) is 0 Å². The Kier molecular flexibility index (Phi) is 1.32. The van der Waals surface area contributed by atoms with E-state index in [1.165, 1.54) is 0 Å². The van der Waals surface area contributed by atoms with Crippen LogP contribution in [-0.2, 0) is 11.2 Å². The van der Waals surface area contributed by atoms with Crippen molar-refractivity contribution in [2.45, 2.75) is 6.42 Å². The molecule has 0 saturated heterocycles. The van der Waals surface area contributed by atoms with Gasteiger partial charge in [0.2, 0.25) is 0 Å². The van der Waals surface area contributed by atoms with Crippen molar-refractivity contribution in [3.63, 3.8) is 0 Å². The van der Waals surface area contributed by atoms with E-state index in [0.29, 0.717) is 5.57 Å². The Balaban J connectivity index is 2.50. The summed E-state index contributed by atoms with van der Waals surface area (Å²) in [5.74, 6) is -0.817. The number of hydrogen-bond acceptors (Lipinski definition) is 2. The van der Waals surface area contributed by atoms with E-state index < -0.39 is 5.97 Å². The van der Waals surface area contributed by atoms with E-state index in [1.54, 1.807) is 17.4 Å². The lowest BCUT2D eigenvalue weighted by molar-refractivity contribution is -0.130. The molecule has 0 saturated carbocycles. The summed E-state index contributed by atoms with van der Waals surface area (Å²) in [6.45, 7) is 0. The van der Waals surface area contributed by atoms with Crippen molar-refractivity contribution in [2.24, 2.45) is 0 Å². The molecule has 11 heavy (non-hydrogen) atoms. The molecule has 0 fully saturated rings. The first-order valence-electron chi connectivity index (χ1n) is 3.28. The molecular formula is C8H6O2S. The quantitative estimate of drug-likeness (QED) is 0.690. The molecule has 1 N–H and O–H groups in total. The van der Waals surface area contributed by atoms with Crippen molar-refractivity contribution < 1.29 is 9.90 Å². The van der Waals surface area contributed by atoms with Crippen LogP contribution in [0.1, 0.15) is 11.1 Å². The minimum atomic E-state index is -0.817. The van der Waals surface area contributed by atoms with E-state index in [2.05, 4.69) is 0 Å². The number of fused-ring (bicyclic) bond motifs is 1. The highest BCUT2D eigenvalue weighted by Gasteiger charge is 2.19. The van der Waals surface area contributed by atoms with Crippen LogP contribution in [0.5, 0.6) is 0 Å². The summed E-state index contributed by atoms with van der Waals surface area (Å²) in [4.78, 5) is 10.6. The maximum Gasteiger partial charge on any atom is 0.336 e. The number of carbonyl (C=O) groups is 1. The van der Waals surface area contributed by atoms with Gasteiger partial charge in [0.05, 0.1) is 5.57 Å². The Morgan fingerprint density at radius 1 is 1.55 bits per heavy atom. The van der Waals surface area contributed by atoms with E-state index >= 15 is 0 Å². The number of rotatable bonds is 1. The van der Waals surface area contributed by atoms with E-state index in [4.69, 9.17) is 5.11 Å². The van der Waals surface area contributed by atoms with Crippen LogP contribution in [0.2, 0.25) is 0 Å². The number of aliphatic carboxylic acids is 1. The Hall–Kier alpha value is -1.09. The zero-order chi connectivity index (χ0) is 7.84. The lowest BCUT2D eigenvalue weighted by atomic mass is 10.1. The number of carboxylic acids is 1. The van der Waals surface area contributed by atoms with Crippen molar-refractivity contribution >= 4 is 22.9 Å². The normalized spacial score (nSPS) is 14.4. The largest absolute Gasteiger partial charge is 0.478 e. The molecule has 1 aliphatic rings. The molecule has 3 heteroatoms. The van der Waals surface area contributed by atoms with Gasteiger partial charge in [-0.1, -0.05) is 6.08 Å². The monoisotopic (exact) mass is 166 g/mol. The molecule has 2 rings (SSSR count). The summed E-state index contributed by atoms with van der Waals surface area (Å²) in [7, 11) is 0. The molecule has 0 bridgehead atoms. The fourth-order valence-corrected chi connectivity index (χ4v) is 2.11. The molecular weight excluding hydrogens is 160 g/mol. The van der Waals surface area contributed by atoms with Gasteiger partial charge in [-0.25, -0.2) is 4.79 Å². The third kappa shape index (κ3) is 0.886. The molecule has 1 aromatic heterocycles. The van der Waals surface area contributed by atoms with Gasteiger partial charge in [-0.05, 0) is 22.7 Å². The van der Waals surface area contributed by atoms with Gasteiger partial charge in [0.15, 0.2) is 0 Å². The van der Waals surface area contributed by atoms with Crippen LogP contribution in [0.25, 0.3) is 5.57 Å². The lowest BCUT2D eigenvalue weighted by Crippen LogP contribution is -1.95. The minimum Gasteiger partial charge on any atom is -0.478 e. The van der Waals surface area contributed by atoms with Gasteiger partial charge in [0, 0.05) is 5.56 Å². The van der Waals surface area contributed by atoms with Crippen molar-refractivity contribution in [1.29, 1.82) is 0 Å². The highest BCUT2D eigenvalue weighted by Crippen LogP contribution is 2.30. The molecule has 1 aliphatic carbocycles. The Bertz CT molecular complexity index is 336. The van der Waals surface area contributed by atoms with Crippen LogP contribution in [0.15, 0.2) is 16.8 Å². The molecule has 0 aliphatic heterocycles. The molecule has 2 nitrogen and oxygen atoms in total. The predicted molar refractivity (Wildman–Crippen MR) is 43.6 cm³/mol. The van der Waals surface area contributed by atoms with Crippen LogP contribution in [0, 0.1) is 0 Å². The van der Waals surface area contributed by atoms with Crippen LogP contribution in [0.4, 0.5) is 0 Å². The second-order valence-corrected chi connectivity index (χ2v) is 3.18. The first-order chi connectivity index (χ1) is 5.29. The van der Waals surface area contributed by atoms with E-state index in [-0.39, 0.29) is 0 Å². The molecule has 0 radical (unpaired) electrons. The zero-order valence-electron chi connectivity index (χ0n) is 5.70. The summed E-state index contributed by atoms with van der Waals surface area (Å²) in [5.41, 5.74) is 2.51. The van der Waals surface area contributed by atoms with Gasteiger partial charge < -0.3 is 5.11 Å². The molecule has 0 spiro atoms. The topological polar surface area (TPSA) is 37.3 Å². The second-order valence-electron chi connectivity index (χ2n) is 2.44. The smallest absolute Gasteiger partial charge is 0.336 e. The maximum absolute atomic E-state index is 10.6. The summed E-state index contributed by atoms with van der Waals surface area (Å²) in [6, 6.07) is 0. The van der Waals surface area contributed by atoms with Crippen LogP contribution >= 0.6 is 11.3 Å². The third-order valence-electron chi connectivity index (χ3n) is 1.79. The van der Waals surface area contributed by atoms with Gasteiger partial charge >= 0.3 is 5.97 Å². The number of hydrogen-bond donors (Lipinski definition) is 1. The highest BCUT2D eigenvalue weighted by molar-refractivity contribution is 7.08. The van der Waals surface area contributed by atoms with Gasteiger partial charge in [-0.15, -0.1) is 0 Å². The van der Waals surface area contributed by atoms with Gasteiger partial charge in [-0.2, -0.15) is 11.3 Å². The van der Waals surface area contributed by atoms with Crippen LogP contribution < -0.4 is 0 Å². The molecule has 0 aromatic carbocycles. The molecule has 1 heterocycles. The first kappa shape index (κ1) is 6.61. The standard InChI is InChI=1S/C8H6O2S/c9-8(10)6-2-1-5-3-11-4-7(5)6/h2-4H,1H2,(H,9,10). The number of carboxylic acid groups (broad SMARTS) is 1. The molecule has 0 unspecified atom stereocenters. The fourth-order valence-electron chi connectivity index (χ4n) is 1.24. The molecule has 1 aromatic rings. The number of thiophene rings is 1. The van der Waals surface area contributed by atoms with Crippen LogP contribution in [0.3, 0.4) is 0 Å².